The molecule has 0 atom stereocenters. The van der Waals surface area contributed by atoms with Crippen molar-refractivity contribution in [3.63, 3.8) is 0 Å². The molecular weight excluding hydrogens is 470 g/mol. The zero-order valence-electron chi connectivity index (χ0n) is 20.0. The van der Waals surface area contributed by atoms with Crippen molar-refractivity contribution in [3.05, 3.63) is 58.6 Å². The molecule has 9 heteroatoms. The second-order valence-corrected chi connectivity index (χ2v) is 9.75. The molecule has 0 aromatic heterocycles. The van der Waals surface area contributed by atoms with Crippen molar-refractivity contribution in [2.45, 2.75) is 38.3 Å². The fourth-order valence-corrected chi connectivity index (χ4v) is 4.44. The van der Waals surface area contributed by atoms with Gasteiger partial charge in [-0.3, -0.25) is 15.0 Å². The van der Waals surface area contributed by atoms with Crippen molar-refractivity contribution in [2.24, 2.45) is 0 Å². The molecule has 2 saturated heterocycles. The molecule has 2 fully saturated rings. The average molecular weight is 502 g/mol. The fraction of sp³-hybridized carbons (Fsp3) is 0.462. The molecule has 2 aliphatic rings. The predicted octanol–water partition coefficient (Wildman–Crippen LogP) is 3.38. The molecule has 0 spiro atoms. The summed E-state index contributed by atoms with van der Waals surface area (Å²) >= 11 is 6.20. The van der Waals surface area contributed by atoms with Crippen LogP contribution in [0.15, 0.2) is 42.5 Å². The maximum absolute atomic E-state index is 11.5. The third-order valence-electron chi connectivity index (χ3n) is 6.41. The van der Waals surface area contributed by atoms with Crippen LogP contribution in [0.3, 0.4) is 0 Å². The van der Waals surface area contributed by atoms with Crippen molar-refractivity contribution in [1.29, 1.82) is 0 Å². The first kappa shape index (κ1) is 25.3. The van der Waals surface area contributed by atoms with Crippen LogP contribution < -0.4 is 14.8 Å². The lowest BCUT2D eigenvalue weighted by molar-refractivity contribution is -0.118. The number of aliphatic hydroxyl groups is 1. The Morgan fingerprint density at radius 1 is 1.09 bits per heavy atom. The van der Waals surface area contributed by atoms with Gasteiger partial charge in [-0.1, -0.05) is 29.8 Å². The van der Waals surface area contributed by atoms with Crippen molar-refractivity contribution in [1.82, 2.24) is 15.1 Å². The van der Waals surface area contributed by atoms with Gasteiger partial charge in [0.2, 0.25) is 5.91 Å². The van der Waals surface area contributed by atoms with Crippen LogP contribution in [0, 0.1) is 6.92 Å². The number of imide groups is 1. The molecule has 2 aromatic rings. The van der Waals surface area contributed by atoms with E-state index in [1.807, 2.05) is 49.4 Å². The van der Waals surface area contributed by atoms with Gasteiger partial charge in [0, 0.05) is 26.2 Å². The minimum absolute atomic E-state index is 0.121. The third kappa shape index (κ3) is 7.10. The van der Waals surface area contributed by atoms with Crippen LogP contribution in [0.2, 0.25) is 5.02 Å². The first-order valence-corrected chi connectivity index (χ1v) is 12.3. The number of carbonyl (C=O) groups is 2. The number of nitrogens with one attached hydrogen (secondary N) is 1. The molecule has 35 heavy (non-hydrogen) atoms. The van der Waals surface area contributed by atoms with Crippen molar-refractivity contribution < 1.29 is 24.2 Å². The molecule has 0 aliphatic carbocycles. The van der Waals surface area contributed by atoms with Gasteiger partial charge in [-0.2, -0.15) is 0 Å². The van der Waals surface area contributed by atoms with E-state index < -0.39 is 5.60 Å². The fourth-order valence-electron chi connectivity index (χ4n) is 4.26. The Morgan fingerprint density at radius 3 is 2.51 bits per heavy atom. The van der Waals surface area contributed by atoms with Gasteiger partial charge in [-0.25, -0.2) is 4.79 Å². The molecule has 188 valence electrons. The van der Waals surface area contributed by atoms with E-state index >= 15 is 0 Å². The van der Waals surface area contributed by atoms with Crippen LogP contribution in [0.1, 0.15) is 30.4 Å². The number of likely N-dealkylation sites (tertiary alicyclic amines) is 1. The Bertz CT molecular complexity index is 1040. The Labute approximate surface area is 210 Å². The van der Waals surface area contributed by atoms with Crippen LogP contribution in [0.5, 0.6) is 11.5 Å². The number of ether oxygens (including phenoxy) is 2. The monoisotopic (exact) mass is 501 g/mol. The lowest BCUT2D eigenvalue weighted by atomic mass is 9.92. The lowest BCUT2D eigenvalue weighted by Crippen LogP contribution is -2.47. The first-order chi connectivity index (χ1) is 16.8. The van der Waals surface area contributed by atoms with Gasteiger partial charge in [0.1, 0.15) is 30.3 Å². The van der Waals surface area contributed by atoms with Gasteiger partial charge >= 0.3 is 6.03 Å². The number of nitrogens with zero attached hydrogens (tertiary/aromatic N) is 2. The molecule has 2 aromatic carbocycles. The number of amides is 3. The Balaban J connectivity index is 1.16. The minimum atomic E-state index is -0.857. The third-order valence-corrected chi connectivity index (χ3v) is 6.72. The highest BCUT2D eigenvalue weighted by atomic mass is 35.5. The summed E-state index contributed by atoms with van der Waals surface area (Å²) in [5.41, 5.74) is 1.39. The van der Waals surface area contributed by atoms with Crippen LogP contribution >= 0.6 is 11.6 Å². The van der Waals surface area contributed by atoms with E-state index in [-0.39, 0.29) is 25.1 Å². The molecule has 8 nitrogen and oxygen atoms in total. The highest BCUT2D eigenvalue weighted by Crippen LogP contribution is 2.29. The van der Waals surface area contributed by atoms with Gasteiger partial charge < -0.3 is 19.5 Å². The van der Waals surface area contributed by atoms with Gasteiger partial charge in [-0.15, -0.1) is 0 Å². The maximum atomic E-state index is 11.5. The average Bonchev–Trinajstić information content (AvgIpc) is 3.16. The first-order valence-electron chi connectivity index (χ1n) is 11.9. The molecule has 4 rings (SSSR count). The van der Waals surface area contributed by atoms with E-state index in [0.29, 0.717) is 43.2 Å². The summed E-state index contributed by atoms with van der Waals surface area (Å²) < 4.78 is 11.6. The zero-order valence-corrected chi connectivity index (χ0v) is 20.7. The number of aryl methyl sites for hydroxylation is 1. The standard InChI is InChI=1S/C26H32ClN3O5/c1-19-3-8-22(27)23(15-19)35-18-26(33)9-12-29(13-10-26)16-20-4-6-21(7-5-20)34-14-2-11-30-17-24(31)28-25(30)32/h3-8,15,33H,2,9-14,16-18H2,1H3,(H,28,31,32). The number of hydrogen-bond acceptors (Lipinski definition) is 6. The number of halogens is 1. The Kier molecular flexibility index (Phi) is 8.15. The highest BCUT2D eigenvalue weighted by molar-refractivity contribution is 6.32. The smallest absolute Gasteiger partial charge is 0.324 e. The van der Waals surface area contributed by atoms with E-state index in [0.717, 1.165) is 30.9 Å². The Hall–Kier alpha value is -2.81. The van der Waals surface area contributed by atoms with Crippen LogP contribution in [0.4, 0.5) is 4.79 Å². The SMILES string of the molecule is Cc1ccc(Cl)c(OCC2(O)CCN(Cc3ccc(OCCCN4CC(=O)NC4=O)cc3)CC2)c1. The van der Waals surface area contributed by atoms with Gasteiger partial charge in [-0.05, 0) is 61.6 Å². The maximum Gasteiger partial charge on any atom is 0.324 e. The summed E-state index contributed by atoms with van der Waals surface area (Å²) in [6.45, 7) is 5.66. The van der Waals surface area contributed by atoms with Gasteiger partial charge in [0.15, 0.2) is 0 Å². The molecule has 0 unspecified atom stereocenters. The number of piperidine rings is 1. The normalized spacial score (nSPS) is 18.0. The van der Waals surface area contributed by atoms with Crippen LogP contribution in [-0.2, 0) is 11.3 Å². The number of carbonyl (C=O) groups excluding carboxylic acids is 2. The summed E-state index contributed by atoms with van der Waals surface area (Å²) in [6, 6.07) is 13.3. The summed E-state index contributed by atoms with van der Waals surface area (Å²) in [7, 11) is 0. The summed E-state index contributed by atoms with van der Waals surface area (Å²) in [4.78, 5) is 26.5. The Morgan fingerprint density at radius 2 is 1.83 bits per heavy atom. The quantitative estimate of drug-likeness (QED) is 0.383. The molecule has 2 aliphatic heterocycles. The summed E-state index contributed by atoms with van der Waals surface area (Å²) in [6.07, 6.45) is 1.93. The molecule has 0 radical (unpaired) electrons. The lowest BCUT2D eigenvalue weighted by Gasteiger charge is -2.38. The van der Waals surface area contributed by atoms with E-state index in [2.05, 4.69) is 10.2 Å². The van der Waals surface area contributed by atoms with E-state index in [1.165, 1.54) is 10.5 Å². The number of benzene rings is 2. The molecule has 0 bridgehead atoms. The van der Waals surface area contributed by atoms with Crippen molar-refractivity contribution in [2.75, 3.05) is 39.4 Å². The topological polar surface area (TPSA) is 91.3 Å². The second kappa shape index (κ2) is 11.3. The second-order valence-electron chi connectivity index (χ2n) is 9.34. The molecule has 2 N–H and O–H groups in total. The minimum Gasteiger partial charge on any atom is -0.494 e. The zero-order chi connectivity index (χ0) is 24.8. The number of urea groups is 1. The largest absolute Gasteiger partial charge is 0.494 e. The van der Waals surface area contributed by atoms with E-state index in [9.17, 15) is 14.7 Å². The van der Waals surface area contributed by atoms with Crippen LogP contribution in [0.25, 0.3) is 0 Å². The van der Waals surface area contributed by atoms with Crippen LogP contribution in [-0.4, -0.2) is 71.8 Å². The molecule has 2 heterocycles. The number of hydrogen-bond donors (Lipinski definition) is 2. The summed E-state index contributed by atoms with van der Waals surface area (Å²) in [5, 5.41) is 13.8. The molecular formula is C26H32ClN3O5. The van der Waals surface area contributed by atoms with Crippen molar-refractivity contribution >= 4 is 23.5 Å². The van der Waals surface area contributed by atoms with Gasteiger partial charge in [0.05, 0.1) is 11.6 Å². The van der Waals surface area contributed by atoms with E-state index in [1.54, 1.807) is 0 Å². The highest BCUT2D eigenvalue weighted by Gasteiger charge is 2.33. The van der Waals surface area contributed by atoms with Gasteiger partial charge in [0.25, 0.3) is 0 Å². The number of rotatable bonds is 10. The predicted molar refractivity (Wildman–Crippen MR) is 133 cm³/mol. The summed E-state index contributed by atoms with van der Waals surface area (Å²) in [5.74, 6) is 1.13. The van der Waals surface area contributed by atoms with Crippen molar-refractivity contribution in [3.8, 4) is 11.5 Å². The molecule has 3 amide bonds. The molecule has 0 saturated carbocycles. The van der Waals surface area contributed by atoms with E-state index in [4.69, 9.17) is 21.1 Å².